The molecule has 0 radical (unpaired) electrons. The highest BCUT2D eigenvalue weighted by Gasteiger charge is 2.33. The Kier molecular flexibility index (Phi) is 1.62. The summed E-state index contributed by atoms with van der Waals surface area (Å²) >= 11 is 0. The van der Waals surface area contributed by atoms with Crippen LogP contribution in [0.25, 0.3) is 0 Å². The van der Waals surface area contributed by atoms with E-state index in [9.17, 15) is 5.11 Å². The molecule has 0 bridgehead atoms. The van der Waals surface area contributed by atoms with Crippen LogP contribution in [-0.2, 0) is 0 Å². The molecule has 0 amide bonds. The van der Waals surface area contributed by atoms with Gasteiger partial charge in [-0.25, -0.2) is 0 Å². The molecule has 1 aliphatic carbocycles. The fraction of sp³-hybridized carbons (Fsp3) is 0.750. The molecule has 1 rings (SSSR count). The van der Waals surface area contributed by atoms with Gasteiger partial charge in [-0.15, -0.1) is 6.58 Å². The third-order valence-electron chi connectivity index (χ3n) is 1.92. The molecule has 9 heavy (non-hydrogen) atoms. The van der Waals surface area contributed by atoms with Crippen LogP contribution in [-0.4, -0.2) is 10.7 Å². The van der Waals surface area contributed by atoms with Crippen LogP contribution in [0.3, 0.4) is 0 Å². The Morgan fingerprint density at radius 3 is 2.33 bits per heavy atom. The van der Waals surface area contributed by atoms with Crippen molar-refractivity contribution in [1.29, 1.82) is 0 Å². The minimum absolute atomic E-state index is 0.355. The number of rotatable bonds is 2. The van der Waals surface area contributed by atoms with E-state index < -0.39 is 0 Å². The van der Waals surface area contributed by atoms with Crippen LogP contribution in [0.4, 0.5) is 0 Å². The second-order valence-corrected chi connectivity index (χ2v) is 3.21. The summed E-state index contributed by atoms with van der Waals surface area (Å²) in [6.07, 6.45) is 3.93. The van der Waals surface area contributed by atoms with Crippen LogP contribution < -0.4 is 0 Å². The normalized spacial score (nSPS) is 22.9. The first-order chi connectivity index (χ1) is 4.12. The van der Waals surface area contributed by atoms with Gasteiger partial charge in [-0.05, 0) is 32.6 Å². The molecule has 1 heteroatoms. The van der Waals surface area contributed by atoms with Crippen LogP contribution >= 0.6 is 0 Å². The maximum Gasteiger partial charge on any atom is 0.0684 e. The van der Waals surface area contributed by atoms with Crippen LogP contribution in [0, 0.1) is 0 Å². The van der Waals surface area contributed by atoms with Gasteiger partial charge in [0.05, 0.1) is 5.60 Å². The zero-order valence-electron chi connectivity index (χ0n) is 5.98. The highest BCUT2D eigenvalue weighted by Crippen LogP contribution is 2.36. The molecule has 0 aromatic rings. The summed E-state index contributed by atoms with van der Waals surface area (Å²) in [7, 11) is 0. The number of hydrogen-bond acceptors (Lipinski definition) is 1. The first kappa shape index (κ1) is 6.81. The molecule has 0 heterocycles. The average molecular weight is 126 g/mol. The van der Waals surface area contributed by atoms with E-state index in [1.54, 1.807) is 0 Å². The summed E-state index contributed by atoms with van der Waals surface area (Å²) in [5.74, 6) is 0. The lowest BCUT2D eigenvalue weighted by Crippen LogP contribution is -2.36. The molecule has 0 atom stereocenters. The molecule has 0 aromatic heterocycles. The molecule has 0 aliphatic heterocycles. The molecule has 1 N–H and O–H groups in total. The highest BCUT2D eigenvalue weighted by atomic mass is 16.3. The smallest absolute Gasteiger partial charge is 0.0684 e. The van der Waals surface area contributed by atoms with Crippen LogP contribution in [0.1, 0.15) is 32.6 Å². The highest BCUT2D eigenvalue weighted by molar-refractivity contribution is 5.01. The summed E-state index contributed by atoms with van der Waals surface area (Å²) in [6.45, 7) is 5.73. The lowest BCUT2D eigenvalue weighted by Gasteiger charge is -2.36. The zero-order valence-corrected chi connectivity index (χ0v) is 5.98. The van der Waals surface area contributed by atoms with Crippen molar-refractivity contribution in [3.05, 3.63) is 12.2 Å². The lowest BCUT2D eigenvalue weighted by atomic mass is 9.76. The van der Waals surface area contributed by atoms with Gasteiger partial charge >= 0.3 is 0 Å². The first-order valence-electron chi connectivity index (χ1n) is 3.49. The summed E-state index contributed by atoms with van der Waals surface area (Å²) < 4.78 is 0. The van der Waals surface area contributed by atoms with Crippen LogP contribution in [0.15, 0.2) is 12.2 Å². The van der Waals surface area contributed by atoms with Crippen molar-refractivity contribution in [2.75, 3.05) is 0 Å². The van der Waals surface area contributed by atoms with Crippen molar-refractivity contribution in [2.45, 2.75) is 38.2 Å². The fourth-order valence-electron chi connectivity index (χ4n) is 1.32. The van der Waals surface area contributed by atoms with E-state index >= 15 is 0 Å². The van der Waals surface area contributed by atoms with Crippen LogP contribution in [0.5, 0.6) is 0 Å². The second kappa shape index (κ2) is 2.14. The van der Waals surface area contributed by atoms with Crippen molar-refractivity contribution >= 4 is 0 Å². The predicted molar refractivity (Wildman–Crippen MR) is 38.2 cm³/mol. The van der Waals surface area contributed by atoms with E-state index in [4.69, 9.17) is 0 Å². The monoisotopic (exact) mass is 126 g/mol. The van der Waals surface area contributed by atoms with Gasteiger partial charge in [-0.2, -0.15) is 0 Å². The molecule has 1 fully saturated rings. The molecule has 1 nitrogen and oxygen atoms in total. The maximum absolute atomic E-state index is 9.52. The van der Waals surface area contributed by atoms with Gasteiger partial charge in [0.2, 0.25) is 0 Å². The second-order valence-electron chi connectivity index (χ2n) is 3.21. The van der Waals surface area contributed by atoms with Gasteiger partial charge in [0.15, 0.2) is 0 Å². The minimum atomic E-state index is -0.355. The van der Waals surface area contributed by atoms with Crippen LogP contribution in [0.2, 0.25) is 0 Å². The lowest BCUT2D eigenvalue weighted by molar-refractivity contribution is -0.0320. The third kappa shape index (κ3) is 1.55. The van der Waals surface area contributed by atoms with Crippen molar-refractivity contribution in [1.82, 2.24) is 0 Å². The van der Waals surface area contributed by atoms with Crippen molar-refractivity contribution < 1.29 is 5.11 Å². The summed E-state index contributed by atoms with van der Waals surface area (Å²) in [4.78, 5) is 0. The largest absolute Gasteiger partial charge is 0.390 e. The molecule has 1 saturated carbocycles. The Morgan fingerprint density at radius 1 is 1.67 bits per heavy atom. The van der Waals surface area contributed by atoms with E-state index in [-0.39, 0.29) is 5.60 Å². The van der Waals surface area contributed by atoms with Crippen molar-refractivity contribution in [3.8, 4) is 0 Å². The number of hydrogen-bond donors (Lipinski definition) is 1. The standard InChI is InChI=1S/C8H14O/c1-7(2)6-8(9)4-3-5-8/h9H,1,3-6H2,2H3. The van der Waals surface area contributed by atoms with Gasteiger partial charge < -0.3 is 5.11 Å². The molecular formula is C8H14O. The molecule has 52 valence electrons. The first-order valence-corrected chi connectivity index (χ1v) is 3.49. The van der Waals surface area contributed by atoms with E-state index in [0.29, 0.717) is 0 Å². The molecular weight excluding hydrogens is 112 g/mol. The molecule has 0 unspecified atom stereocenters. The Labute approximate surface area is 56.4 Å². The van der Waals surface area contributed by atoms with Gasteiger partial charge in [-0.1, -0.05) is 5.57 Å². The number of aliphatic hydroxyl groups is 1. The topological polar surface area (TPSA) is 20.2 Å². The molecule has 0 spiro atoms. The molecule has 1 aliphatic rings. The Balaban J connectivity index is 2.33. The SMILES string of the molecule is C=C(C)CC1(O)CCC1. The van der Waals surface area contributed by atoms with E-state index in [1.807, 2.05) is 6.92 Å². The maximum atomic E-state index is 9.52. The fourth-order valence-corrected chi connectivity index (χ4v) is 1.32. The zero-order chi connectivity index (χ0) is 6.91. The quantitative estimate of drug-likeness (QED) is 0.560. The molecule has 0 saturated heterocycles. The van der Waals surface area contributed by atoms with Crippen molar-refractivity contribution in [2.24, 2.45) is 0 Å². The van der Waals surface area contributed by atoms with Gasteiger partial charge in [0.25, 0.3) is 0 Å². The van der Waals surface area contributed by atoms with Gasteiger partial charge in [0.1, 0.15) is 0 Å². The van der Waals surface area contributed by atoms with E-state index in [2.05, 4.69) is 6.58 Å². The summed E-state index contributed by atoms with van der Waals surface area (Å²) in [5, 5.41) is 9.52. The Bertz CT molecular complexity index is 123. The predicted octanol–water partition coefficient (Wildman–Crippen LogP) is 1.87. The van der Waals surface area contributed by atoms with Crippen molar-refractivity contribution in [3.63, 3.8) is 0 Å². The van der Waals surface area contributed by atoms with E-state index in [1.165, 1.54) is 6.42 Å². The van der Waals surface area contributed by atoms with E-state index in [0.717, 1.165) is 24.8 Å². The Morgan fingerprint density at radius 2 is 2.22 bits per heavy atom. The minimum Gasteiger partial charge on any atom is -0.390 e. The van der Waals surface area contributed by atoms with Gasteiger partial charge in [-0.3, -0.25) is 0 Å². The average Bonchev–Trinajstić information content (AvgIpc) is 1.60. The summed E-state index contributed by atoms with van der Waals surface area (Å²) in [6, 6.07) is 0. The molecule has 0 aromatic carbocycles. The summed E-state index contributed by atoms with van der Waals surface area (Å²) in [5.41, 5.74) is 0.739. The van der Waals surface area contributed by atoms with Gasteiger partial charge in [0, 0.05) is 0 Å². The third-order valence-corrected chi connectivity index (χ3v) is 1.92. The Hall–Kier alpha value is -0.300.